The van der Waals surface area contributed by atoms with Gasteiger partial charge in [0, 0.05) is 29.9 Å². The van der Waals surface area contributed by atoms with Gasteiger partial charge in [-0.3, -0.25) is 9.59 Å². The Labute approximate surface area is 227 Å². The van der Waals surface area contributed by atoms with E-state index in [2.05, 4.69) is 43.4 Å². The highest BCUT2D eigenvalue weighted by molar-refractivity contribution is 6.31. The van der Waals surface area contributed by atoms with Gasteiger partial charge in [0.25, 0.3) is 0 Å². The van der Waals surface area contributed by atoms with Gasteiger partial charge in [-0.1, -0.05) is 98.2 Å². The molecule has 0 bridgehead atoms. The van der Waals surface area contributed by atoms with Crippen molar-refractivity contribution in [2.45, 2.75) is 77.9 Å². The van der Waals surface area contributed by atoms with Gasteiger partial charge < -0.3 is 10.2 Å². The molecule has 0 saturated carbocycles. The summed E-state index contributed by atoms with van der Waals surface area (Å²) in [7, 11) is 0. The monoisotopic (exact) mass is 518 g/mol. The Bertz CT molecular complexity index is 1170. The maximum absolute atomic E-state index is 13.8. The number of rotatable bonds is 10. The Morgan fingerprint density at radius 3 is 2.08 bits per heavy atom. The second kappa shape index (κ2) is 12.9. The van der Waals surface area contributed by atoms with E-state index < -0.39 is 11.6 Å². The van der Waals surface area contributed by atoms with Gasteiger partial charge in [0.05, 0.1) is 0 Å². The summed E-state index contributed by atoms with van der Waals surface area (Å²) in [5, 5.41) is 3.68. The molecule has 1 N–H and O–H groups in total. The zero-order valence-corrected chi connectivity index (χ0v) is 23.4. The molecule has 37 heavy (non-hydrogen) atoms. The lowest BCUT2D eigenvalue weighted by atomic mass is 9.98. The van der Waals surface area contributed by atoms with E-state index in [1.54, 1.807) is 4.90 Å². The van der Waals surface area contributed by atoms with Crippen molar-refractivity contribution in [1.82, 2.24) is 10.2 Å². The highest BCUT2D eigenvalue weighted by Gasteiger charge is 2.32. The third-order valence-corrected chi connectivity index (χ3v) is 6.71. The first-order valence-electron chi connectivity index (χ1n) is 13.0. The van der Waals surface area contributed by atoms with Crippen molar-refractivity contribution in [2.75, 3.05) is 0 Å². The number of hydrogen-bond acceptors (Lipinski definition) is 2. The number of halogens is 1. The van der Waals surface area contributed by atoms with Gasteiger partial charge in [0.2, 0.25) is 11.8 Å². The van der Waals surface area contributed by atoms with Crippen LogP contribution in [0.1, 0.15) is 69.2 Å². The third kappa shape index (κ3) is 8.75. The third-order valence-electron chi connectivity index (χ3n) is 6.34. The van der Waals surface area contributed by atoms with Crippen molar-refractivity contribution >= 4 is 23.4 Å². The average molecular weight is 519 g/mol. The lowest BCUT2D eigenvalue weighted by Gasteiger charge is -2.34. The fourth-order valence-corrected chi connectivity index (χ4v) is 4.48. The average Bonchev–Trinajstić information content (AvgIpc) is 2.85. The van der Waals surface area contributed by atoms with Crippen molar-refractivity contribution in [2.24, 2.45) is 0 Å². The van der Waals surface area contributed by atoms with Crippen molar-refractivity contribution in [1.29, 1.82) is 0 Å². The molecular formula is C32H39ClN2O2. The second-order valence-electron chi connectivity index (χ2n) is 11.0. The summed E-state index contributed by atoms with van der Waals surface area (Å²) >= 11 is 6.50. The first kappa shape index (κ1) is 28.5. The summed E-state index contributed by atoms with van der Waals surface area (Å²) in [4.78, 5) is 29.1. The van der Waals surface area contributed by atoms with Crippen LogP contribution in [-0.4, -0.2) is 28.3 Å². The van der Waals surface area contributed by atoms with E-state index in [1.165, 1.54) is 5.56 Å². The molecule has 0 aliphatic heterocycles. The molecule has 0 fully saturated rings. The minimum absolute atomic E-state index is 0.0714. The van der Waals surface area contributed by atoms with Crippen LogP contribution in [0.4, 0.5) is 0 Å². The van der Waals surface area contributed by atoms with Crippen LogP contribution in [0.3, 0.4) is 0 Å². The van der Waals surface area contributed by atoms with Gasteiger partial charge in [0.1, 0.15) is 6.04 Å². The Kier molecular flexibility index (Phi) is 9.93. The van der Waals surface area contributed by atoms with Gasteiger partial charge in [-0.05, 0) is 61.4 Å². The second-order valence-corrected chi connectivity index (χ2v) is 11.4. The van der Waals surface area contributed by atoms with Crippen molar-refractivity contribution < 1.29 is 9.59 Å². The predicted molar refractivity (Wildman–Crippen MR) is 153 cm³/mol. The molecule has 3 rings (SSSR count). The lowest BCUT2D eigenvalue weighted by molar-refractivity contribution is -0.141. The summed E-state index contributed by atoms with van der Waals surface area (Å²) in [5.74, 6) is 0.220. The smallest absolute Gasteiger partial charge is 0.243 e. The van der Waals surface area contributed by atoms with Gasteiger partial charge in [-0.25, -0.2) is 0 Å². The van der Waals surface area contributed by atoms with Crippen LogP contribution < -0.4 is 5.32 Å². The molecule has 2 amide bonds. The molecule has 0 saturated heterocycles. The highest BCUT2D eigenvalue weighted by Crippen LogP contribution is 2.22. The van der Waals surface area contributed by atoms with Crippen molar-refractivity contribution in [3.63, 3.8) is 0 Å². The number of amides is 2. The molecule has 0 spiro atoms. The molecule has 0 unspecified atom stereocenters. The highest BCUT2D eigenvalue weighted by atomic mass is 35.5. The number of nitrogens with one attached hydrogen (secondary N) is 1. The van der Waals surface area contributed by atoms with Crippen LogP contribution in [0, 0.1) is 0 Å². The number of aryl methyl sites for hydroxylation is 1. The SMILES string of the molecule is CC(C)c1ccc(CCC(=O)N(Cc2ccccc2Cl)[C@H](Cc2ccccc2)C(=O)NC(C)(C)C)cc1. The van der Waals surface area contributed by atoms with E-state index in [0.717, 1.165) is 16.7 Å². The van der Waals surface area contributed by atoms with Crippen molar-refractivity contribution in [3.8, 4) is 0 Å². The zero-order chi connectivity index (χ0) is 27.0. The first-order valence-corrected chi connectivity index (χ1v) is 13.4. The Balaban J connectivity index is 1.91. The molecule has 4 nitrogen and oxygen atoms in total. The molecule has 1 atom stereocenters. The molecule has 3 aromatic carbocycles. The summed E-state index contributed by atoms with van der Waals surface area (Å²) in [6.45, 7) is 10.4. The molecule has 0 aromatic heterocycles. The van der Waals surface area contributed by atoms with Crippen LogP contribution in [0.25, 0.3) is 0 Å². The Morgan fingerprint density at radius 1 is 0.865 bits per heavy atom. The van der Waals surface area contributed by atoms with E-state index >= 15 is 0 Å². The molecule has 0 radical (unpaired) electrons. The summed E-state index contributed by atoms with van der Waals surface area (Å²) in [5.41, 5.74) is 3.77. The first-order chi connectivity index (χ1) is 17.5. The van der Waals surface area contributed by atoms with Gasteiger partial charge in [-0.15, -0.1) is 0 Å². The Morgan fingerprint density at radius 2 is 1.49 bits per heavy atom. The summed E-state index contributed by atoms with van der Waals surface area (Å²) in [6.07, 6.45) is 1.33. The molecular weight excluding hydrogens is 480 g/mol. The maximum atomic E-state index is 13.8. The normalized spacial score (nSPS) is 12.3. The molecule has 0 aliphatic carbocycles. The van der Waals surface area contributed by atoms with E-state index in [1.807, 2.05) is 75.4 Å². The number of hydrogen-bond donors (Lipinski definition) is 1. The fourth-order valence-electron chi connectivity index (χ4n) is 4.28. The number of nitrogens with zero attached hydrogens (tertiary/aromatic N) is 1. The van der Waals surface area contributed by atoms with Crippen LogP contribution in [-0.2, 0) is 29.0 Å². The summed E-state index contributed by atoms with van der Waals surface area (Å²) < 4.78 is 0. The van der Waals surface area contributed by atoms with Gasteiger partial charge >= 0.3 is 0 Å². The van der Waals surface area contributed by atoms with Gasteiger partial charge in [0.15, 0.2) is 0 Å². The van der Waals surface area contributed by atoms with E-state index in [4.69, 9.17) is 11.6 Å². The van der Waals surface area contributed by atoms with E-state index in [-0.39, 0.29) is 18.4 Å². The lowest BCUT2D eigenvalue weighted by Crippen LogP contribution is -2.54. The van der Waals surface area contributed by atoms with Gasteiger partial charge in [-0.2, -0.15) is 0 Å². The quantitative estimate of drug-likeness (QED) is 0.315. The standard InChI is InChI=1S/C32H39ClN2O2/c1-23(2)26-18-15-24(16-19-26)17-20-30(36)35(22-27-13-9-10-14-28(27)33)29(31(37)34-32(3,4)5)21-25-11-7-6-8-12-25/h6-16,18-19,23,29H,17,20-22H2,1-5H3,(H,34,37)/t29-/m1/s1. The number of carbonyl (C=O) groups is 2. The van der Waals surface area contributed by atoms with E-state index in [0.29, 0.717) is 30.2 Å². The van der Waals surface area contributed by atoms with Crippen LogP contribution >= 0.6 is 11.6 Å². The molecule has 3 aromatic rings. The minimum Gasteiger partial charge on any atom is -0.350 e. The molecule has 5 heteroatoms. The minimum atomic E-state index is -0.672. The number of carbonyl (C=O) groups excluding carboxylic acids is 2. The Hall–Kier alpha value is -3.11. The molecule has 196 valence electrons. The predicted octanol–water partition coefficient (Wildman–Crippen LogP) is 6.95. The molecule has 0 aliphatic rings. The topological polar surface area (TPSA) is 49.4 Å². The maximum Gasteiger partial charge on any atom is 0.243 e. The number of benzene rings is 3. The molecule has 0 heterocycles. The fraction of sp³-hybridized carbons (Fsp3) is 0.375. The van der Waals surface area contributed by atoms with Crippen LogP contribution in [0.15, 0.2) is 78.9 Å². The summed E-state index contributed by atoms with van der Waals surface area (Å²) in [6, 6.07) is 25.1. The largest absolute Gasteiger partial charge is 0.350 e. The van der Waals surface area contributed by atoms with Crippen LogP contribution in [0.5, 0.6) is 0 Å². The zero-order valence-electron chi connectivity index (χ0n) is 22.6. The van der Waals surface area contributed by atoms with E-state index in [9.17, 15) is 9.59 Å². The van der Waals surface area contributed by atoms with Crippen LogP contribution in [0.2, 0.25) is 5.02 Å². The van der Waals surface area contributed by atoms with Crippen molar-refractivity contribution in [3.05, 3.63) is 106 Å².